The first-order valence-corrected chi connectivity index (χ1v) is 2.63. The lowest BCUT2D eigenvalue weighted by atomic mass is 10.2. The Kier molecular flexibility index (Phi) is 4.97. The van der Waals surface area contributed by atoms with Crippen LogP contribution in [0.1, 0.15) is 19.3 Å². The van der Waals surface area contributed by atoms with Crippen LogP contribution in [-0.4, -0.2) is 6.29 Å². The lowest BCUT2D eigenvalue weighted by Crippen LogP contribution is -1.73. The highest BCUT2D eigenvalue weighted by molar-refractivity contribution is 5.50. The molecular weight excluding hydrogens is 126 g/mol. The normalized spacial score (nSPS) is 8.67. The summed E-state index contributed by atoms with van der Waals surface area (Å²) in [7, 11) is 0. The number of halogens is 2. The molecule has 9 heavy (non-hydrogen) atoms. The molecule has 0 rings (SSSR count). The van der Waals surface area contributed by atoms with E-state index in [0.717, 1.165) is 6.08 Å². The largest absolute Gasteiger partial charge is 0.291 e. The van der Waals surface area contributed by atoms with Gasteiger partial charge in [-0.25, -0.2) is 0 Å². The van der Waals surface area contributed by atoms with Gasteiger partial charge in [-0.1, -0.05) is 0 Å². The van der Waals surface area contributed by atoms with Crippen molar-refractivity contribution in [2.24, 2.45) is 0 Å². The van der Waals surface area contributed by atoms with Crippen LogP contribution in [-0.2, 0) is 4.79 Å². The maximum atomic E-state index is 11.2. The Labute approximate surface area is 52.4 Å². The first-order chi connectivity index (χ1) is 4.27. The van der Waals surface area contributed by atoms with Crippen LogP contribution in [0, 0.1) is 0 Å². The molecule has 0 aromatic heterocycles. The molecule has 1 nitrogen and oxygen atoms in total. The number of hydrogen-bond donors (Lipinski definition) is 0. The molecule has 0 spiro atoms. The molecule has 0 aliphatic heterocycles. The maximum Gasteiger partial charge on any atom is 0.266 e. The number of rotatable bonds is 4. The topological polar surface area (TPSA) is 17.1 Å². The second-order valence-corrected chi connectivity index (χ2v) is 1.53. The summed E-state index contributed by atoms with van der Waals surface area (Å²) in [6.07, 6.45) is 1.70. The van der Waals surface area contributed by atoms with E-state index >= 15 is 0 Å². The molecule has 0 aliphatic rings. The molecule has 0 aromatic rings. The van der Waals surface area contributed by atoms with Gasteiger partial charge in [0, 0.05) is 6.42 Å². The molecule has 0 saturated carbocycles. The minimum absolute atomic E-state index is 0.240. The Hall–Kier alpha value is -0.730. The summed E-state index contributed by atoms with van der Waals surface area (Å²) >= 11 is 0. The third-order valence-corrected chi connectivity index (χ3v) is 0.782. The van der Waals surface area contributed by atoms with Crippen LogP contribution in [0.3, 0.4) is 0 Å². The van der Waals surface area contributed by atoms with Gasteiger partial charge >= 0.3 is 0 Å². The summed E-state index contributed by atoms with van der Waals surface area (Å²) in [5, 5.41) is 0. The third kappa shape index (κ3) is 7.27. The molecule has 0 heterocycles. The van der Waals surface area contributed by atoms with Gasteiger partial charge in [0.05, 0.1) is 0 Å². The van der Waals surface area contributed by atoms with Crippen molar-refractivity contribution in [2.45, 2.75) is 19.3 Å². The van der Waals surface area contributed by atoms with Crippen LogP contribution in [0.4, 0.5) is 8.78 Å². The predicted octanol–water partition coefficient (Wildman–Crippen LogP) is 2.05. The van der Waals surface area contributed by atoms with Crippen LogP contribution in [0.15, 0.2) is 12.2 Å². The van der Waals surface area contributed by atoms with Crippen molar-refractivity contribution < 1.29 is 13.6 Å². The first kappa shape index (κ1) is 8.27. The van der Waals surface area contributed by atoms with E-state index in [2.05, 4.69) is 0 Å². The van der Waals surface area contributed by atoms with Crippen molar-refractivity contribution in [1.29, 1.82) is 0 Å². The SMILES string of the molecule is O=[C]CCCC=C(F)F. The Bertz CT molecular complexity index is 106. The molecule has 0 aliphatic carbocycles. The van der Waals surface area contributed by atoms with Crippen molar-refractivity contribution in [3.05, 3.63) is 12.2 Å². The number of unbranched alkanes of at least 4 members (excludes halogenated alkanes) is 2. The molecule has 1 radical (unpaired) electrons. The summed E-state index contributed by atoms with van der Waals surface area (Å²) in [6, 6.07) is 0. The van der Waals surface area contributed by atoms with E-state index in [4.69, 9.17) is 0 Å². The van der Waals surface area contributed by atoms with Gasteiger partial charge in [-0.05, 0) is 18.9 Å². The fourth-order valence-electron chi connectivity index (χ4n) is 0.385. The molecule has 51 valence electrons. The van der Waals surface area contributed by atoms with Gasteiger partial charge in [-0.3, -0.25) is 4.79 Å². The lowest BCUT2D eigenvalue weighted by Gasteiger charge is -1.83. The van der Waals surface area contributed by atoms with Gasteiger partial charge in [0.2, 0.25) is 0 Å². The first-order valence-electron chi connectivity index (χ1n) is 2.63. The quantitative estimate of drug-likeness (QED) is 0.536. The van der Waals surface area contributed by atoms with Crippen molar-refractivity contribution in [1.82, 2.24) is 0 Å². The van der Waals surface area contributed by atoms with Crippen LogP contribution >= 0.6 is 0 Å². The highest BCUT2D eigenvalue weighted by Crippen LogP contribution is 2.01. The minimum atomic E-state index is -1.68. The summed E-state index contributed by atoms with van der Waals surface area (Å²) in [6.45, 7) is 0. The Balaban J connectivity index is 3.09. The molecular formula is C6H7F2O. The van der Waals surface area contributed by atoms with E-state index in [1.54, 1.807) is 6.29 Å². The molecule has 0 atom stereocenters. The second-order valence-electron chi connectivity index (χ2n) is 1.53. The molecule has 0 fully saturated rings. The molecule has 0 N–H and O–H groups in total. The molecule has 3 heteroatoms. The van der Waals surface area contributed by atoms with Gasteiger partial charge in [0.1, 0.15) is 0 Å². The highest BCUT2D eigenvalue weighted by atomic mass is 19.3. The smallest absolute Gasteiger partial charge is 0.266 e. The van der Waals surface area contributed by atoms with Crippen LogP contribution in [0.2, 0.25) is 0 Å². The zero-order valence-electron chi connectivity index (χ0n) is 4.86. The minimum Gasteiger partial charge on any atom is -0.291 e. The van der Waals surface area contributed by atoms with Gasteiger partial charge < -0.3 is 0 Å². The van der Waals surface area contributed by atoms with Crippen LogP contribution in [0.25, 0.3) is 0 Å². The number of carbonyl (C=O) groups excluding carboxylic acids is 1. The predicted molar refractivity (Wildman–Crippen MR) is 29.8 cm³/mol. The fraction of sp³-hybridized carbons (Fsp3) is 0.500. The van der Waals surface area contributed by atoms with Gasteiger partial charge in [-0.15, -0.1) is 0 Å². The summed E-state index contributed by atoms with van der Waals surface area (Å²) in [5.41, 5.74) is 0. The van der Waals surface area contributed by atoms with E-state index in [-0.39, 0.29) is 12.8 Å². The van der Waals surface area contributed by atoms with E-state index in [9.17, 15) is 13.6 Å². The summed E-state index contributed by atoms with van der Waals surface area (Å²) < 4.78 is 22.4. The Morgan fingerprint density at radius 3 is 2.67 bits per heavy atom. The molecule has 0 aromatic carbocycles. The monoisotopic (exact) mass is 133 g/mol. The van der Waals surface area contributed by atoms with E-state index in [1.165, 1.54) is 0 Å². The van der Waals surface area contributed by atoms with Crippen molar-refractivity contribution in [3.8, 4) is 0 Å². The molecule has 0 saturated heterocycles. The third-order valence-electron chi connectivity index (χ3n) is 0.782. The number of allylic oxidation sites excluding steroid dienone is 1. The summed E-state index contributed by atoms with van der Waals surface area (Å²) in [4.78, 5) is 9.52. The van der Waals surface area contributed by atoms with Gasteiger partial charge in [0.25, 0.3) is 6.08 Å². The number of hydrogen-bond acceptors (Lipinski definition) is 1. The van der Waals surface area contributed by atoms with Crippen LogP contribution in [0.5, 0.6) is 0 Å². The molecule has 0 bridgehead atoms. The zero-order chi connectivity index (χ0) is 7.11. The zero-order valence-corrected chi connectivity index (χ0v) is 4.86. The van der Waals surface area contributed by atoms with Crippen molar-refractivity contribution in [2.75, 3.05) is 0 Å². The van der Waals surface area contributed by atoms with Crippen molar-refractivity contribution in [3.63, 3.8) is 0 Å². The van der Waals surface area contributed by atoms with Crippen molar-refractivity contribution >= 4 is 6.29 Å². The molecule has 0 amide bonds. The average molecular weight is 133 g/mol. The average Bonchev–Trinajstić information content (AvgIpc) is 1.80. The Morgan fingerprint density at radius 2 is 2.22 bits per heavy atom. The molecule has 0 unspecified atom stereocenters. The fourth-order valence-corrected chi connectivity index (χ4v) is 0.385. The van der Waals surface area contributed by atoms with Gasteiger partial charge in [-0.2, -0.15) is 8.78 Å². The van der Waals surface area contributed by atoms with Gasteiger partial charge in [0.15, 0.2) is 6.29 Å². The lowest BCUT2D eigenvalue weighted by molar-refractivity contribution is 0.417. The standard InChI is InChI=1S/C6H7F2O/c7-6(8)4-2-1-3-5-9/h4H,1-3H2. The van der Waals surface area contributed by atoms with E-state index in [1.807, 2.05) is 0 Å². The van der Waals surface area contributed by atoms with Crippen LogP contribution < -0.4 is 0 Å². The summed E-state index contributed by atoms with van der Waals surface area (Å²) in [5.74, 6) is 0. The Morgan fingerprint density at radius 1 is 1.56 bits per heavy atom. The van der Waals surface area contributed by atoms with E-state index < -0.39 is 6.08 Å². The second kappa shape index (κ2) is 5.41. The maximum absolute atomic E-state index is 11.2. The van der Waals surface area contributed by atoms with E-state index in [0.29, 0.717) is 6.42 Å². The highest BCUT2D eigenvalue weighted by Gasteiger charge is 1.87.